The van der Waals surface area contributed by atoms with E-state index in [1.54, 1.807) is 41.8 Å². The number of hydrogen-bond donors (Lipinski definition) is 0. The fourth-order valence-electron chi connectivity index (χ4n) is 3.77. The average molecular weight is 391 g/mol. The average Bonchev–Trinajstić information content (AvgIpc) is 3.29. The van der Waals surface area contributed by atoms with E-state index in [2.05, 4.69) is 9.88 Å². The minimum absolute atomic E-state index is 0.323. The van der Waals surface area contributed by atoms with E-state index in [1.165, 1.54) is 0 Å². The normalized spacial score (nSPS) is 22.8. The summed E-state index contributed by atoms with van der Waals surface area (Å²) in [6, 6.07) is 7.30. The van der Waals surface area contributed by atoms with E-state index in [0.29, 0.717) is 35.6 Å². The van der Waals surface area contributed by atoms with E-state index in [9.17, 15) is 8.42 Å². The molecular weight excluding hydrogens is 366 g/mol. The Morgan fingerprint density at radius 1 is 1.11 bits per heavy atom. The summed E-state index contributed by atoms with van der Waals surface area (Å²) in [5.74, 6) is 0.587. The lowest BCUT2D eigenvalue weighted by atomic mass is 10.2. The number of aromatic nitrogens is 1. The second-order valence-corrected chi connectivity index (χ2v) is 9.03. The second kappa shape index (κ2) is 7.71. The van der Waals surface area contributed by atoms with Crippen molar-refractivity contribution in [2.24, 2.45) is 0 Å². The summed E-state index contributed by atoms with van der Waals surface area (Å²) < 4.78 is 38.5. The standard InChI is InChI=1S/C19H25N3O4S/c1-15-20-19(14-26-15)16-3-5-18(6-4-16)27(23,24)22-9-2-8-21(10-11-22)17-7-12-25-13-17/h3-6,14,17H,2,7-13H2,1H3. The SMILES string of the molecule is Cc1nc(-c2ccc(S(=O)(=O)N3CCCN(C4CCOC4)CC3)cc2)co1. The molecule has 27 heavy (non-hydrogen) atoms. The Morgan fingerprint density at radius 2 is 1.93 bits per heavy atom. The number of oxazole rings is 1. The first-order chi connectivity index (χ1) is 13.0. The summed E-state index contributed by atoms with van der Waals surface area (Å²) in [4.78, 5) is 6.98. The van der Waals surface area contributed by atoms with Gasteiger partial charge >= 0.3 is 0 Å². The van der Waals surface area contributed by atoms with Gasteiger partial charge in [0.25, 0.3) is 0 Å². The van der Waals surface area contributed by atoms with Crippen LogP contribution in [0.15, 0.2) is 39.8 Å². The van der Waals surface area contributed by atoms with Crippen LogP contribution in [0.3, 0.4) is 0 Å². The molecule has 146 valence electrons. The van der Waals surface area contributed by atoms with Crippen molar-refractivity contribution in [3.05, 3.63) is 36.4 Å². The van der Waals surface area contributed by atoms with Gasteiger partial charge in [-0.1, -0.05) is 12.1 Å². The van der Waals surface area contributed by atoms with Gasteiger partial charge in [-0.15, -0.1) is 0 Å². The largest absolute Gasteiger partial charge is 0.449 e. The Hall–Kier alpha value is -1.74. The lowest BCUT2D eigenvalue weighted by molar-refractivity contribution is 0.147. The van der Waals surface area contributed by atoms with Gasteiger partial charge in [-0.25, -0.2) is 13.4 Å². The third-order valence-corrected chi connectivity index (χ3v) is 7.23. The Labute approximate surface area is 160 Å². The minimum atomic E-state index is -3.49. The van der Waals surface area contributed by atoms with Crippen molar-refractivity contribution in [3.63, 3.8) is 0 Å². The van der Waals surface area contributed by atoms with Crippen molar-refractivity contribution >= 4 is 10.0 Å². The highest BCUT2D eigenvalue weighted by molar-refractivity contribution is 7.89. The van der Waals surface area contributed by atoms with Crippen LogP contribution in [0.2, 0.25) is 0 Å². The number of rotatable bonds is 4. The lowest BCUT2D eigenvalue weighted by Crippen LogP contribution is -2.39. The molecule has 7 nitrogen and oxygen atoms in total. The molecule has 1 atom stereocenters. The highest BCUT2D eigenvalue weighted by atomic mass is 32.2. The van der Waals surface area contributed by atoms with Gasteiger partial charge in [0.15, 0.2) is 5.89 Å². The van der Waals surface area contributed by atoms with Crippen molar-refractivity contribution in [3.8, 4) is 11.3 Å². The van der Waals surface area contributed by atoms with Gasteiger partial charge in [0.05, 0.1) is 11.5 Å². The number of ether oxygens (including phenoxy) is 1. The molecule has 0 aliphatic carbocycles. The molecule has 0 N–H and O–H groups in total. The zero-order chi connectivity index (χ0) is 18.9. The van der Waals surface area contributed by atoms with Crippen LogP contribution in [0.5, 0.6) is 0 Å². The molecule has 0 bridgehead atoms. The molecule has 2 saturated heterocycles. The highest BCUT2D eigenvalue weighted by Gasteiger charge is 2.30. The van der Waals surface area contributed by atoms with Crippen LogP contribution in [0.1, 0.15) is 18.7 Å². The van der Waals surface area contributed by atoms with Crippen LogP contribution in [0.25, 0.3) is 11.3 Å². The molecule has 2 fully saturated rings. The Balaban J connectivity index is 1.47. The van der Waals surface area contributed by atoms with Gasteiger partial charge in [0, 0.05) is 44.8 Å². The van der Waals surface area contributed by atoms with Crippen molar-refractivity contribution in [1.29, 1.82) is 0 Å². The molecule has 1 unspecified atom stereocenters. The minimum Gasteiger partial charge on any atom is -0.449 e. The van der Waals surface area contributed by atoms with E-state index in [4.69, 9.17) is 9.15 Å². The second-order valence-electron chi connectivity index (χ2n) is 7.09. The first-order valence-electron chi connectivity index (χ1n) is 9.38. The fraction of sp³-hybridized carbons (Fsp3) is 0.526. The molecule has 4 rings (SSSR count). The number of hydrogen-bond acceptors (Lipinski definition) is 6. The van der Waals surface area contributed by atoms with E-state index in [-0.39, 0.29) is 0 Å². The molecule has 3 heterocycles. The molecule has 0 radical (unpaired) electrons. The molecule has 1 aromatic carbocycles. The van der Waals surface area contributed by atoms with Crippen LogP contribution in [-0.2, 0) is 14.8 Å². The molecule has 0 spiro atoms. The number of benzene rings is 1. The summed E-state index contributed by atoms with van der Waals surface area (Å²) in [5.41, 5.74) is 1.55. The van der Waals surface area contributed by atoms with Gasteiger partial charge in [-0.3, -0.25) is 4.90 Å². The number of aryl methyl sites for hydroxylation is 1. The maximum absolute atomic E-state index is 13.1. The Kier molecular flexibility index (Phi) is 5.32. The maximum Gasteiger partial charge on any atom is 0.243 e. The summed E-state index contributed by atoms with van der Waals surface area (Å²) in [7, 11) is -3.49. The third kappa shape index (κ3) is 3.94. The van der Waals surface area contributed by atoms with Crippen LogP contribution in [-0.4, -0.2) is 68.0 Å². The molecule has 1 aromatic heterocycles. The van der Waals surface area contributed by atoms with E-state index in [1.807, 2.05) is 0 Å². The maximum atomic E-state index is 13.1. The monoisotopic (exact) mass is 391 g/mol. The predicted molar refractivity (Wildman–Crippen MR) is 101 cm³/mol. The summed E-state index contributed by atoms with van der Waals surface area (Å²) in [5, 5.41) is 0. The zero-order valence-electron chi connectivity index (χ0n) is 15.5. The first-order valence-corrected chi connectivity index (χ1v) is 10.8. The highest BCUT2D eigenvalue weighted by Crippen LogP contribution is 2.24. The predicted octanol–water partition coefficient (Wildman–Crippen LogP) is 2.14. The van der Waals surface area contributed by atoms with Gasteiger partial charge in [0.2, 0.25) is 10.0 Å². The van der Waals surface area contributed by atoms with Gasteiger partial charge in [0.1, 0.15) is 12.0 Å². The summed E-state index contributed by atoms with van der Waals surface area (Å²) in [6.45, 7) is 6.09. The van der Waals surface area contributed by atoms with Gasteiger partial charge in [-0.2, -0.15) is 4.31 Å². The smallest absolute Gasteiger partial charge is 0.243 e. The Morgan fingerprint density at radius 3 is 2.59 bits per heavy atom. The fourth-order valence-corrected chi connectivity index (χ4v) is 5.24. The van der Waals surface area contributed by atoms with E-state index in [0.717, 1.165) is 44.7 Å². The molecule has 8 heteroatoms. The zero-order valence-corrected chi connectivity index (χ0v) is 16.3. The number of sulfonamides is 1. The van der Waals surface area contributed by atoms with E-state index >= 15 is 0 Å². The molecule has 0 amide bonds. The Bertz CT molecular complexity index is 873. The van der Waals surface area contributed by atoms with Crippen molar-refractivity contribution < 1.29 is 17.6 Å². The topological polar surface area (TPSA) is 75.9 Å². The van der Waals surface area contributed by atoms with Crippen molar-refractivity contribution in [1.82, 2.24) is 14.2 Å². The van der Waals surface area contributed by atoms with Crippen LogP contribution < -0.4 is 0 Å². The first kappa shape index (κ1) is 18.6. The lowest BCUT2D eigenvalue weighted by Gasteiger charge is -2.26. The molecule has 0 saturated carbocycles. The summed E-state index contributed by atoms with van der Waals surface area (Å²) in [6.07, 6.45) is 3.46. The molecular formula is C19H25N3O4S. The van der Waals surface area contributed by atoms with Gasteiger partial charge in [-0.05, 0) is 31.5 Å². The van der Waals surface area contributed by atoms with Crippen molar-refractivity contribution in [2.75, 3.05) is 39.4 Å². The van der Waals surface area contributed by atoms with Gasteiger partial charge < -0.3 is 9.15 Å². The van der Waals surface area contributed by atoms with Crippen LogP contribution in [0.4, 0.5) is 0 Å². The molecule has 2 aliphatic rings. The number of nitrogens with zero attached hydrogens (tertiary/aromatic N) is 3. The van der Waals surface area contributed by atoms with Crippen molar-refractivity contribution in [2.45, 2.75) is 30.7 Å². The van der Waals surface area contributed by atoms with Crippen LogP contribution in [0, 0.1) is 6.92 Å². The van der Waals surface area contributed by atoms with Crippen LogP contribution >= 0.6 is 0 Å². The quantitative estimate of drug-likeness (QED) is 0.795. The summed E-state index contributed by atoms with van der Waals surface area (Å²) >= 11 is 0. The van der Waals surface area contributed by atoms with E-state index < -0.39 is 10.0 Å². The third-order valence-electron chi connectivity index (χ3n) is 5.32. The molecule has 2 aromatic rings. The molecule has 2 aliphatic heterocycles.